The van der Waals surface area contributed by atoms with Crippen LogP contribution in [0.15, 0.2) is 0 Å². The quantitative estimate of drug-likeness (QED) is 0.646. The van der Waals surface area contributed by atoms with E-state index in [1.807, 2.05) is 0 Å². The van der Waals surface area contributed by atoms with Gasteiger partial charge in [0.25, 0.3) is 0 Å². The third-order valence-electron chi connectivity index (χ3n) is 3.62. The number of nitrogens with zero attached hydrogens (tertiary/aromatic N) is 2. The molecule has 1 aliphatic heterocycles. The molecule has 0 aromatic rings. The van der Waals surface area contributed by atoms with Crippen molar-refractivity contribution in [3.05, 3.63) is 0 Å². The van der Waals surface area contributed by atoms with Gasteiger partial charge in [-0.2, -0.15) is 0 Å². The number of aliphatic hydroxyl groups is 1. The molecule has 17 heavy (non-hydrogen) atoms. The molecule has 1 heterocycles. The summed E-state index contributed by atoms with van der Waals surface area (Å²) in [5, 5.41) is 12.6. The average Bonchev–Trinajstić information content (AvgIpc) is 2.75. The Morgan fingerprint density at radius 2 is 2.24 bits per heavy atom. The molecule has 1 rings (SSSR count). The molecule has 0 spiro atoms. The number of hydrogen-bond donors (Lipinski definition) is 2. The molecule has 0 aromatic carbocycles. The third-order valence-corrected chi connectivity index (χ3v) is 3.62. The van der Waals surface area contributed by atoms with Crippen LogP contribution in [0.3, 0.4) is 0 Å². The zero-order valence-corrected chi connectivity index (χ0v) is 11.7. The molecule has 1 fully saturated rings. The molecular formula is C13H29N3O. The first-order valence-corrected chi connectivity index (χ1v) is 6.90. The number of likely N-dealkylation sites (tertiary alicyclic amines) is 1. The van der Waals surface area contributed by atoms with Crippen molar-refractivity contribution in [2.75, 3.05) is 46.9 Å². The first kappa shape index (κ1) is 14.9. The monoisotopic (exact) mass is 243 g/mol. The van der Waals surface area contributed by atoms with Crippen molar-refractivity contribution < 1.29 is 5.11 Å². The lowest BCUT2D eigenvalue weighted by molar-refractivity contribution is 0.217. The molecule has 102 valence electrons. The average molecular weight is 243 g/mol. The molecule has 2 atom stereocenters. The highest BCUT2D eigenvalue weighted by molar-refractivity contribution is 4.83. The number of likely N-dealkylation sites (N-methyl/N-ethyl adjacent to an activating group) is 1. The van der Waals surface area contributed by atoms with Gasteiger partial charge in [-0.05, 0) is 46.4 Å². The Morgan fingerprint density at radius 3 is 2.76 bits per heavy atom. The molecule has 0 amide bonds. The van der Waals surface area contributed by atoms with Gasteiger partial charge in [-0.25, -0.2) is 0 Å². The van der Waals surface area contributed by atoms with Crippen molar-refractivity contribution in [1.82, 2.24) is 15.1 Å². The smallest absolute Gasteiger partial charge is 0.0446 e. The molecule has 0 aromatic heterocycles. The molecule has 1 saturated heterocycles. The zero-order chi connectivity index (χ0) is 12.7. The van der Waals surface area contributed by atoms with Gasteiger partial charge in [-0.1, -0.05) is 6.92 Å². The van der Waals surface area contributed by atoms with E-state index in [0.29, 0.717) is 12.1 Å². The fourth-order valence-electron chi connectivity index (χ4n) is 2.47. The Kier molecular flexibility index (Phi) is 7.04. The lowest BCUT2D eigenvalue weighted by Crippen LogP contribution is -2.42. The summed E-state index contributed by atoms with van der Waals surface area (Å²) in [5.74, 6) is 0. The summed E-state index contributed by atoms with van der Waals surface area (Å²) in [7, 11) is 4.32. The molecule has 0 saturated carbocycles. The van der Waals surface area contributed by atoms with E-state index < -0.39 is 0 Å². The first-order valence-electron chi connectivity index (χ1n) is 6.90. The Labute approximate surface area is 106 Å². The minimum absolute atomic E-state index is 0.284. The van der Waals surface area contributed by atoms with Gasteiger partial charge in [0.05, 0.1) is 0 Å². The fraction of sp³-hybridized carbons (Fsp3) is 1.00. The maximum Gasteiger partial charge on any atom is 0.0446 e. The van der Waals surface area contributed by atoms with Gasteiger partial charge in [-0.3, -0.25) is 0 Å². The van der Waals surface area contributed by atoms with Crippen molar-refractivity contribution in [2.45, 2.75) is 38.3 Å². The van der Waals surface area contributed by atoms with Crippen LogP contribution >= 0.6 is 0 Å². The van der Waals surface area contributed by atoms with E-state index in [1.54, 1.807) is 0 Å². The Balaban J connectivity index is 2.29. The van der Waals surface area contributed by atoms with E-state index in [2.05, 4.69) is 36.1 Å². The van der Waals surface area contributed by atoms with Crippen LogP contribution in [-0.2, 0) is 0 Å². The second-order valence-electron chi connectivity index (χ2n) is 5.33. The maximum absolute atomic E-state index is 9.08. The lowest BCUT2D eigenvalue weighted by Gasteiger charge is -2.25. The van der Waals surface area contributed by atoms with E-state index in [4.69, 9.17) is 5.11 Å². The van der Waals surface area contributed by atoms with Gasteiger partial charge in [-0.15, -0.1) is 0 Å². The van der Waals surface area contributed by atoms with Gasteiger partial charge in [0.1, 0.15) is 0 Å². The Hall–Kier alpha value is -0.160. The van der Waals surface area contributed by atoms with E-state index >= 15 is 0 Å². The summed E-state index contributed by atoms with van der Waals surface area (Å²) in [4.78, 5) is 4.84. The highest BCUT2D eigenvalue weighted by Gasteiger charge is 2.25. The van der Waals surface area contributed by atoms with E-state index in [9.17, 15) is 0 Å². The summed E-state index contributed by atoms with van der Waals surface area (Å²) in [6, 6.07) is 1.15. The molecular weight excluding hydrogens is 214 g/mol. The molecule has 4 heteroatoms. The van der Waals surface area contributed by atoms with E-state index in [-0.39, 0.29) is 6.61 Å². The van der Waals surface area contributed by atoms with Crippen LogP contribution < -0.4 is 5.32 Å². The summed E-state index contributed by atoms with van der Waals surface area (Å²) in [6.45, 7) is 6.95. The summed E-state index contributed by atoms with van der Waals surface area (Å²) >= 11 is 0. The minimum atomic E-state index is 0.284. The van der Waals surface area contributed by atoms with Crippen molar-refractivity contribution in [2.24, 2.45) is 0 Å². The molecule has 4 nitrogen and oxygen atoms in total. The SMILES string of the molecule is CCCNC(CCO)CN1CCC(N(C)C)C1. The second kappa shape index (κ2) is 8.03. The molecule has 2 unspecified atom stereocenters. The van der Waals surface area contributed by atoms with Crippen LogP contribution in [0.25, 0.3) is 0 Å². The van der Waals surface area contributed by atoms with Gasteiger partial charge in [0.2, 0.25) is 0 Å². The van der Waals surface area contributed by atoms with Gasteiger partial charge in [0.15, 0.2) is 0 Å². The standard InChI is InChI=1S/C13H29N3O/c1-4-7-14-12(6-9-17)10-16-8-5-13(11-16)15(2)3/h12-14,17H,4-11H2,1-3H3. The predicted octanol–water partition coefficient (Wildman–Crippen LogP) is 0.373. The second-order valence-corrected chi connectivity index (χ2v) is 5.33. The Bertz CT molecular complexity index is 199. The van der Waals surface area contributed by atoms with Crippen LogP contribution in [0.4, 0.5) is 0 Å². The molecule has 1 aliphatic rings. The van der Waals surface area contributed by atoms with Crippen LogP contribution in [0.1, 0.15) is 26.2 Å². The number of aliphatic hydroxyl groups excluding tert-OH is 1. The van der Waals surface area contributed by atoms with Crippen LogP contribution in [-0.4, -0.2) is 73.9 Å². The first-order chi connectivity index (χ1) is 8.17. The summed E-state index contributed by atoms with van der Waals surface area (Å²) < 4.78 is 0. The topological polar surface area (TPSA) is 38.7 Å². The van der Waals surface area contributed by atoms with Gasteiger partial charge in [0, 0.05) is 31.8 Å². The predicted molar refractivity (Wildman–Crippen MR) is 72.3 cm³/mol. The van der Waals surface area contributed by atoms with Crippen molar-refractivity contribution in [3.8, 4) is 0 Å². The minimum Gasteiger partial charge on any atom is -0.396 e. The summed E-state index contributed by atoms with van der Waals surface area (Å²) in [5.41, 5.74) is 0. The Morgan fingerprint density at radius 1 is 1.47 bits per heavy atom. The highest BCUT2D eigenvalue weighted by Crippen LogP contribution is 2.13. The highest BCUT2D eigenvalue weighted by atomic mass is 16.3. The van der Waals surface area contributed by atoms with Crippen LogP contribution in [0.5, 0.6) is 0 Å². The van der Waals surface area contributed by atoms with Gasteiger partial charge < -0.3 is 20.2 Å². The van der Waals surface area contributed by atoms with Crippen molar-refractivity contribution in [3.63, 3.8) is 0 Å². The van der Waals surface area contributed by atoms with Crippen molar-refractivity contribution >= 4 is 0 Å². The maximum atomic E-state index is 9.08. The number of hydrogen-bond acceptors (Lipinski definition) is 4. The lowest BCUT2D eigenvalue weighted by atomic mass is 10.2. The normalized spacial score (nSPS) is 23.5. The molecule has 0 radical (unpaired) electrons. The fourth-order valence-corrected chi connectivity index (χ4v) is 2.47. The largest absolute Gasteiger partial charge is 0.396 e. The van der Waals surface area contributed by atoms with Gasteiger partial charge >= 0.3 is 0 Å². The number of nitrogens with one attached hydrogen (secondary N) is 1. The van der Waals surface area contributed by atoms with Crippen LogP contribution in [0, 0.1) is 0 Å². The number of rotatable bonds is 8. The van der Waals surface area contributed by atoms with Crippen molar-refractivity contribution in [1.29, 1.82) is 0 Å². The zero-order valence-electron chi connectivity index (χ0n) is 11.7. The van der Waals surface area contributed by atoms with E-state index in [1.165, 1.54) is 19.5 Å². The molecule has 2 N–H and O–H groups in total. The summed E-state index contributed by atoms with van der Waals surface area (Å²) in [6.07, 6.45) is 3.29. The van der Waals surface area contributed by atoms with Crippen LogP contribution in [0.2, 0.25) is 0 Å². The third kappa shape index (κ3) is 5.34. The molecule has 0 aliphatic carbocycles. The van der Waals surface area contributed by atoms with E-state index in [0.717, 1.165) is 25.9 Å². The molecule has 0 bridgehead atoms.